The molecule has 1 saturated heterocycles. The zero-order chi connectivity index (χ0) is 17.4. The van der Waals surface area contributed by atoms with Gasteiger partial charge in [-0.15, -0.1) is 24.0 Å². The lowest BCUT2D eigenvalue weighted by atomic mass is 9.65. The van der Waals surface area contributed by atoms with Crippen LogP contribution in [0.1, 0.15) is 33.4 Å². The molecule has 1 fully saturated rings. The maximum Gasteiger partial charge on any atom is 0.194 e. The molecule has 2 heterocycles. The van der Waals surface area contributed by atoms with Crippen molar-refractivity contribution in [3.63, 3.8) is 0 Å². The lowest BCUT2D eigenvalue weighted by Gasteiger charge is -2.62. The first kappa shape index (κ1) is 19.8. The summed E-state index contributed by atoms with van der Waals surface area (Å²) in [5.74, 6) is 0.939. The molecule has 0 unspecified atom stereocenters. The smallest absolute Gasteiger partial charge is 0.194 e. The molecule has 0 amide bonds. The van der Waals surface area contributed by atoms with Gasteiger partial charge in [0, 0.05) is 30.7 Å². The summed E-state index contributed by atoms with van der Waals surface area (Å²) in [6, 6.07) is 12.2. The Balaban J connectivity index is 0.00000225. The van der Waals surface area contributed by atoms with Gasteiger partial charge < -0.3 is 10.2 Å². The van der Waals surface area contributed by atoms with Gasteiger partial charge in [0.1, 0.15) is 0 Å². The molecule has 6 heteroatoms. The van der Waals surface area contributed by atoms with Crippen LogP contribution < -0.4 is 5.32 Å². The molecule has 0 atom stereocenters. The number of aliphatic imine (C=N–C) groups is 1. The van der Waals surface area contributed by atoms with Gasteiger partial charge in [-0.3, -0.25) is 4.99 Å². The second-order valence-electron chi connectivity index (χ2n) is 7.52. The Morgan fingerprint density at radius 2 is 1.84 bits per heavy atom. The molecule has 5 nitrogen and oxygen atoms in total. The van der Waals surface area contributed by atoms with Crippen LogP contribution in [0.15, 0.2) is 47.6 Å². The van der Waals surface area contributed by atoms with Crippen LogP contribution >= 0.6 is 24.0 Å². The third-order valence-corrected chi connectivity index (χ3v) is 5.44. The van der Waals surface area contributed by atoms with Crippen LogP contribution in [0.2, 0.25) is 0 Å². The molecule has 1 aromatic carbocycles. The quantitative estimate of drug-likeness (QED) is 0.438. The van der Waals surface area contributed by atoms with Crippen LogP contribution in [0, 0.1) is 5.41 Å². The standard InChI is InChI=1S/C19H27N5.HI/c1-18(2)14-23(19(18,3)4)17(20-5)21-13-15-11-12-24(22-15)16-9-7-6-8-10-16;/h6-12H,13-14H2,1-5H3,(H,20,21);1H. The second-order valence-corrected chi connectivity index (χ2v) is 7.52. The van der Waals surface area contributed by atoms with E-state index in [1.54, 1.807) is 0 Å². The number of nitrogens with zero attached hydrogens (tertiary/aromatic N) is 4. The molecule has 1 aromatic heterocycles. The van der Waals surface area contributed by atoms with Crippen LogP contribution in [-0.4, -0.2) is 39.8 Å². The number of para-hydroxylation sites is 1. The molecule has 1 aliphatic heterocycles. The molecule has 0 spiro atoms. The minimum absolute atomic E-state index is 0. The first-order chi connectivity index (χ1) is 11.3. The molecule has 1 aliphatic rings. The van der Waals surface area contributed by atoms with Gasteiger partial charge in [0.05, 0.1) is 17.9 Å². The lowest BCUT2D eigenvalue weighted by molar-refractivity contribution is -0.0668. The summed E-state index contributed by atoms with van der Waals surface area (Å²) in [4.78, 5) is 6.78. The number of guanidine groups is 1. The van der Waals surface area contributed by atoms with Crippen molar-refractivity contribution in [1.29, 1.82) is 0 Å². The first-order valence-electron chi connectivity index (χ1n) is 8.43. The zero-order valence-electron chi connectivity index (χ0n) is 15.7. The molecule has 136 valence electrons. The summed E-state index contributed by atoms with van der Waals surface area (Å²) >= 11 is 0. The monoisotopic (exact) mass is 453 g/mol. The maximum absolute atomic E-state index is 4.64. The average Bonchev–Trinajstić information content (AvgIpc) is 3.04. The molecule has 1 N–H and O–H groups in total. The summed E-state index contributed by atoms with van der Waals surface area (Å²) in [5, 5.41) is 8.08. The van der Waals surface area contributed by atoms with Crippen LogP contribution in [0.3, 0.4) is 0 Å². The molecule has 0 saturated carbocycles. The fourth-order valence-electron chi connectivity index (χ4n) is 3.05. The van der Waals surface area contributed by atoms with Gasteiger partial charge in [-0.2, -0.15) is 5.10 Å². The average molecular weight is 453 g/mol. The van der Waals surface area contributed by atoms with Crippen LogP contribution in [0.5, 0.6) is 0 Å². The van der Waals surface area contributed by atoms with Crippen molar-refractivity contribution in [1.82, 2.24) is 20.0 Å². The lowest BCUT2D eigenvalue weighted by Crippen LogP contribution is -2.72. The molecular weight excluding hydrogens is 425 g/mol. The SMILES string of the molecule is CN=C(NCc1ccn(-c2ccccc2)n1)N1CC(C)(C)C1(C)C.I. The largest absolute Gasteiger partial charge is 0.351 e. The van der Waals surface area contributed by atoms with Crippen molar-refractivity contribution >= 4 is 29.9 Å². The zero-order valence-corrected chi connectivity index (χ0v) is 18.0. The van der Waals surface area contributed by atoms with Gasteiger partial charge in [-0.1, -0.05) is 32.0 Å². The van der Waals surface area contributed by atoms with Gasteiger partial charge in [0.15, 0.2) is 5.96 Å². The summed E-state index contributed by atoms with van der Waals surface area (Å²) in [7, 11) is 1.84. The Morgan fingerprint density at radius 3 is 2.40 bits per heavy atom. The Morgan fingerprint density at radius 1 is 1.16 bits per heavy atom. The highest BCUT2D eigenvalue weighted by Gasteiger charge is 2.53. The fraction of sp³-hybridized carbons (Fsp3) is 0.474. The molecule has 25 heavy (non-hydrogen) atoms. The first-order valence-corrected chi connectivity index (χ1v) is 8.43. The molecule has 2 aromatic rings. The predicted octanol–water partition coefficient (Wildman–Crippen LogP) is 3.69. The Bertz CT molecular complexity index is 733. The number of hydrogen-bond donors (Lipinski definition) is 1. The highest BCUT2D eigenvalue weighted by molar-refractivity contribution is 14.0. The number of aromatic nitrogens is 2. The van der Waals surface area contributed by atoms with Crippen LogP contribution in [-0.2, 0) is 6.54 Å². The van der Waals surface area contributed by atoms with Gasteiger partial charge in [0.25, 0.3) is 0 Å². The van der Waals surface area contributed by atoms with Gasteiger partial charge in [-0.05, 0) is 32.0 Å². The Labute approximate surface area is 167 Å². The number of rotatable bonds is 3. The van der Waals surface area contributed by atoms with Gasteiger partial charge in [0.2, 0.25) is 0 Å². The van der Waals surface area contributed by atoms with Crippen molar-refractivity contribution in [2.75, 3.05) is 13.6 Å². The normalized spacial score (nSPS) is 18.3. The van der Waals surface area contributed by atoms with Gasteiger partial charge >= 0.3 is 0 Å². The summed E-state index contributed by atoms with van der Waals surface area (Å²) in [6.45, 7) is 10.8. The van der Waals surface area contributed by atoms with Crippen molar-refractivity contribution in [2.45, 2.75) is 39.8 Å². The van der Waals surface area contributed by atoms with Crippen molar-refractivity contribution in [3.8, 4) is 5.69 Å². The minimum Gasteiger partial charge on any atom is -0.351 e. The number of hydrogen-bond acceptors (Lipinski definition) is 2. The fourth-order valence-corrected chi connectivity index (χ4v) is 3.05. The van der Waals surface area contributed by atoms with Crippen molar-refractivity contribution < 1.29 is 0 Å². The van der Waals surface area contributed by atoms with Crippen LogP contribution in [0.25, 0.3) is 5.69 Å². The predicted molar refractivity (Wildman–Crippen MR) is 114 cm³/mol. The topological polar surface area (TPSA) is 45.5 Å². The maximum atomic E-state index is 4.64. The van der Waals surface area contributed by atoms with E-state index in [0.717, 1.165) is 23.9 Å². The van der Waals surface area contributed by atoms with E-state index in [4.69, 9.17) is 0 Å². The van der Waals surface area contributed by atoms with Crippen molar-refractivity contribution in [2.24, 2.45) is 10.4 Å². The van der Waals surface area contributed by atoms with E-state index in [1.165, 1.54) is 0 Å². The van der Waals surface area contributed by atoms with E-state index >= 15 is 0 Å². The van der Waals surface area contributed by atoms with E-state index in [1.807, 2.05) is 54.3 Å². The Hall–Kier alpha value is -1.57. The van der Waals surface area contributed by atoms with Crippen molar-refractivity contribution in [3.05, 3.63) is 48.3 Å². The van der Waals surface area contributed by atoms with E-state index in [0.29, 0.717) is 12.0 Å². The highest BCUT2D eigenvalue weighted by atomic mass is 127. The molecule has 3 rings (SSSR count). The highest BCUT2D eigenvalue weighted by Crippen LogP contribution is 2.46. The van der Waals surface area contributed by atoms with Crippen LogP contribution in [0.4, 0.5) is 0 Å². The molecule has 0 radical (unpaired) electrons. The summed E-state index contributed by atoms with van der Waals surface area (Å²) < 4.78 is 1.90. The number of benzene rings is 1. The molecular formula is C19H28IN5. The number of likely N-dealkylation sites (tertiary alicyclic amines) is 1. The van der Waals surface area contributed by atoms with E-state index in [-0.39, 0.29) is 29.5 Å². The Kier molecular flexibility index (Phi) is 5.81. The number of halogens is 1. The number of nitrogens with one attached hydrogen (secondary N) is 1. The summed E-state index contributed by atoms with van der Waals surface area (Å²) in [5.41, 5.74) is 2.45. The van der Waals surface area contributed by atoms with E-state index in [2.05, 4.69) is 48.0 Å². The van der Waals surface area contributed by atoms with E-state index < -0.39 is 0 Å². The minimum atomic E-state index is 0. The third kappa shape index (κ3) is 3.68. The third-order valence-electron chi connectivity index (χ3n) is 5.44. The second kappa shape index (κ2) is 7.35. The molecule has 0 aliphatic carbocycles. The van der Waals surface area contributed by atoms with E-state index in [9.17, 15) is 0 Å². The summed E-state index contributed by atoms with van der Waals surface area (Å²) in [6.07, 6.45) is 1.99. The van der Waals surface area contributed by atoms with Gasteiger partial charge in [-0.25, -0.2) is 4.68 Å². The molecule has 0 bridgehead atoms.